The van der Waals surface area contributed by atoms with Gasteiger partial charge in [-0.05, 0) is 18.6 Å². The average molecular weight is 292 g/mol. The number of hydrogen-bond donors (Lipinski definition) is 1. The highest BCUT2D eigenvalue weighted by Crippen LogP contribution is 2.25. The third-order valence-corrected chi connectivity index (χ3v) is 4.13. The normalized spacial score (nSPS) is 12.1. The minimum Gasteiger partial charge on any atom is -0.335 e. The summed E-state index contributed by atoms with van der Waals surface area (Å²) >= 11 is 1.50. The number of thioether (sulfide) groups is 1. The summed E-state index contributed by atoms with van der Waals surface area (Å²) in [7, 11) is 1.57. The SMILES string of the molecule is CCC(Sc1ccccc1)C(=O)Nc1cc(=O)on1C. The fourth-order valence-corrected chi connectivity index (χ4v) is 2.70. The lowest BCUT2D eigenvalue weighted by Crippen LogP contribution is -2.25. The van der Waals surface area contributed by atoms with Gasteiger partial charge in [0.25, 0.3) is 0 Å². The molecule has 6 heteroatoms. The van der Waals surface area contributed by atoms with Crippen LogP contribution in [0.5, 0.6) is 0 Å². The van der Waals surface area contributed by atoms with Gasteiger partial charge in [-0.3, -0.25) is 4.79 Å². The highest BCUT2D eigenvalue weighted by Gasteiger charge is 2.19. The maximum atomic E-state index is 12.2. The number of nitrogens with one attached hydrogen (secondary N) is 1. The van der Waals surface area contributed by atoms with Crippen molar-refractivity contribution in [1.29, 1.82) is 0 Å². The van der Waals surface area contributed by atoms with Crippen LogP contribution < -0.4 is 10.9 Å². The van der Waals surface area contributed by atoms with Gasteiger partial charge in [0.2, 0.25) is 5.91 Å². The second kappa shape index (κ2) is 6.47. The van der Waals surface area contributed by atoms with E-state index in [1.807, 2.05) is 37.3 Å². The van der Waals surface area contributed by atoms with Crippen molar-refractivity contribution < 1.29 is 9.32 Å². The first-order valence-electron chi connectivity index (χ1n) is 6.30. The molecule has 0 bridgehead atoms. The molecule has 1 aromatic carbocycles. The van der Waals surface area contributed by atoms with Gasteiger partial charge in [-0.1, -0.05) is 25.1 Å². The van der Waals surface area contributed by atoms with Crippen LogP contribution in [-0.4, -0.2) is 15.9 Å². The molecule has 1 amide bonds. The molecule has 5 nitrogen and oxygen atoms in total. The third kappa shape index (κ3) is 3.54. The maximum absolute atomic E-state index is 12.2. The number of carbonyl (C=O) groups is 1. The molecule has 0 radical (unpaired) electrons. The number of anilines is 1. The van der Waals surface area contributed by atoms with Gasteiger partial charge in [-0.15, -0.1) is 11.8 Å². The number of nitrogens with zero attached hydrogens (tertiary/aromatic N) is 1. The second-order valence-electron chi connectivity index (χ2n) is 4.25. The van der Waals surface area contributed by atoms with E-state index in [2.05, 4.69) is 5.32 Å². The molecule has 0 fully saturated rings. The Morgan fingerprint density at radius 2 is 2.10 bits per heavy atom. The van der Waals surface area contributed by atoms with Crippen molar-refractivity contribution in [2.24, 2.45) is 7.05 Å². The monoisotopic (exact) mass is 292 g/mol. The molecule has 0 aliphatic carbocycles. The van der Waals surface area contributed by atoms with Crippen LogP contribution in [0.15, 0.2) is 50.6 Å². The Balaban J connectivity index is 2.06. The Labute approximate surface area is 120 Å². The Hall–Kier alpha value is -1.95. The van der Waals surface area contributed by atoms with Crippen molar-refractivity contribution in [1.82, 2.24) is 4.74 Å². The molecular formula is C14H16N2O3S. The molecule has 1 heterocycles. The van der Waals surface area contributed by atoms with Gasteiger partial charge >= 0.3 is 5.63 Å². The van der Waals surface area contributed by atoms with E-state index in [0.29, 0.717) is 12.2 Å². The highest BCUT2D eigenvalue weighted by atomic mass is 32.2. The minimum atomic E-state index is -0.480. The fourth-order valence-electron chi connectivity index (χ4n) is 1.72. The van der Waals surface area contributed by atoms with Crippen LogP contribution in [0.1, 0.15) is 13.3 Å². The summed E-state index contributed by atoms with van der Waals surface area (Å²) < 4.78 is 6.04. The number of hydrogen-bond acceptors (Lipinski definition) is 4. The molecule has 1 atom stereocenters. The summed E-state index contributed by atoms with van der Waals surface area (Å²) in [6, 6.07) is 11.0. The molecule has 0 saturated carbocycles. The lowest BCUT2D eigenvalue weighted by Gasteiger charge is -2.14. The smallest absolute Gasteiger partial charge is 0.335 e. The molecule has 106 valence electrons. The number of benzene rings is 1. The molecule has 1 N–H and O–H groups in total. The largest absolute Gasteiger partial charge is 0.359 e. The van der Waals surface area contributed by atoms with Gasteiger partial charge in [0.15, 0.2) is 5.82 Å². The Kier molecular flexibility index (Phi) is 4.68. The van der Waals surface area contributed by atoms with E-state index >= 15 is 0 Å². The number of aryl methyl sites for hydroxylation is 1. The first-order chi connectivity index (χ1) is 9.60. The number of amides is 1. The Morgan fingerprint density at radius 1 is 1.40 bits per heavy atom. The quantitative estimate of drug-likeness (QED) is 0.860. The highest BCUT2D eigenvalue weighted by molar-refractivity contribution is 8.00. The fraction of sp³-hybridized carbons (Fsp3) is 0.286. The first-order valence-corrected chi connectivity index (χ1v) is 7.18. The van der Waals surface area contributed by atoms with Crippen molar-refractivity contribution in [2.45, 2.75) is 23.5 Å². The molecule has 0 aliphatic rings. The molecule has 0 saturated heterocycles. The molecule has 0 spiro atoms. The zero-order chi connectivity index (χ0) is 14.5. The molecule has 0 aliphatic heterocycles. The Morgan fingerprint density at radius 3 is 2.65 bits per heavy atom. The lowest BCUT2D eigenvalue weighted by atomic mass is 10.3. The topological polar surface area (TPSA) is 64.2 Å². The summed E-state index contributed by atoms with van der Waals surface area (Å²) in [5.41, 5.74) is -0.480. The molecule has 2 aromatic rings. The zero-order valence-corrected chi connectivity index (χ0v) is 12.1. The van der Waals surface area contributed by atoms with Gasteiger partial charge in [0.1, 0.15) is 0 Å². The van der Waals surface area contributed by atoms with Crippen molar-refractivity contribution in [3.05, 3.63) is 46.8 Å². The number of rotatable bonds is 5. The van der Waals surface area contributed by atoms with E-state index in [1.165, 1.54) is 22.6 Å². The van der Waals surface area contributed by atoms with Crippen LogP contribution in [0.2, 0.25) is 0 Å². The van der Waals surface area contributed by atoms with E-state index < -0.39 is 5.63 Å². The summed E-state index contributed by atoms with van der Waals surface area (Å²) in [5, 5.41) is 2.49. The number of aromatic nitrogens is 1. The predicted molar refractivity (Wildman–Crippen MR) is 79.0 cm³/mol. The van der Waals surface area contributed by atoms with Crippen LogP contribution in [-0.2, 0) is 11.8 Å². The van der Waals surface area contributed by atoms with Crippen LogP contribution in [0.25, 0.3) is 0 Å². The van der Waals surface area contributed by atoms with E-state index in [-0.39, 0.29) is 11.2 Å². The van der Waals surface area contributed by atoms with Gasteiger partial charge in [-0.25, -0.2) is 4.79 Å². The molecular weight excluding hydrogens is 276 g/mol. The third-order valence-electron chi connectivity index (χ3n) is 2.76. The van der Waals surface area contributed by atoms with E-state index in [9.17, 15) is 9.59 Å². The zero-order valence-electron chi connectivity index (χ0n) is 11.3. The Bertz CT molecular complexity index is 633. The van der Waals surface area contributed by atoms with Crippen molar-refractivity contribution >= 4 is 23.5 Å². The van der Waals surface area contributed by atoms with E-state index in [1.54, 1.807) is 7.05 Å². The van der Waals surface area contributed by atoms with Gasteiger partial charge in [0.05, 0.1) is 11.3 Å². The van der Waals surface area contributed by atoms with Gasteiger partial charge in [0, 0.05) is 11.9 Å². The average Bonchev–Trinajstić information content (AvgIpc) is 2.75. The van der Waals surface area contributed by atoms with E-state index in [0.717, 1.165) is 4.90 Å². The molecule has 1 unspecified atom stereocenters. The molecule has 1 aromatic heterocycles. The molecule has 20 heavy (non-hydrogen) atoms. The van der Waals surface area contributed by atoms with Crippen molar-refractivity contribution in [2.75, 3.05) is 5.32 Å². The standard InChI is InChI=1S/C14H16N2O3S/c1-3-11(20-10-7-5-4-6-8-10)14(18)15-12-9-13(17)19-16(12)2/h4-9,11H,3H2,1-2H3,(H,15,18). The van der Waals surface area contributed by atoms with Crippen LogP contribution in [0, 0.1) is 0 Å². The summed E-state index contributed by atoms with van der Waals surface area (Å²) in [6.45, 7) is 1.95. The first kappa shape index (κ1) is 14.5. The summed E-state index contributed by atoms with van der Waals surface area (Å²) in [5.74, 6) is 0.227. The van der Waals surface area contributed by atoms with Gasteiger partial charge in [-0.2, -0.15) is 4.74 Å². The molecule has 2 rings (SSSR count). The predicted octanol–water partition coefficient (Wildman–Crippen LogP) is 2.49. The van der Waals surface area contributed by atoms with Crippen molar-refractivity contribution in [3.8, 4) is 0 Å². The maximum Gasteiger partial charge on any atom is 0.359 e. The van der Waals surface area contributed by atoms with Crippen LogP contribution in [0.3, 0.4) is 0 Å². The summed E-state index contributed by atoms with van der Waals surface area (Å²) in [4.78, 5) is 24.3. The van der Waals surface area contributed by atoms with E-state index in [4.69, 9.17) is 4.52 Å². The summed E-state index contributed by atoms with van der Waals surface area (Å²) in [6.07, 6.45) is 0.692. The van der Waals surface area contributed by atoms with Crippen LogP contribution >= 0.6 is 11.8 Å². The number of carbonyl (C=O) groups excluding carboxylic acids is 1. The minimum absolute atomic E-state index is 0.141. The van der Waals surface area contributed by atoms with Gasteiger partial charge < -0.3 is 9.84 Å². The lowest BCUT2D eigenvalue weighted by molar-refractivity contribution is -0.115. The van der Waals surface area contributed by atoms with Crippen LogP contribution in [0.4, 0.5) is 5.82 Å². The second-order valence-corrected chi connectivity index (χ2v) is 5.53. The van der Waals surface area contributed by atoms with Crippen molar-refractivity contribution in [3.63, 3.8) is 0 Å².